The van der Waals surface area contributed by atoms with E-state index in [1.807, 2.05) is 22.9 Å². The molecule has 0 fully saturated rings. The quantitative estimate of drug-likeness (QED) is 0.900. The van der Waals surface area contributed by atoms with Crippen molar-refractivity contribution in [2.24, 2.45) is 0 Å². The summed E-state index contributed by atoms with van der Waals surface area (Å²) in [6.07, 6.45) is 0. The molecule has 0 bridgehead atoms. The third-order valence-electron chi connectivity index (χ3n) is 2.29. The summed E-state index contributed by atoms with van der Waals surface area (Å²) in [5.74, 6) is 0.727. The highest BCUT2D eigenvalue weighted by molar-refractivity contribution is 7.09. The second-order valence-electron chi connectivity index (χ2n) is 3.48. The number of anilines is 1. The van der Waals surface area contributed by atoms with Gasteiger partial charge in [-0.25, -0.2) is 4.98 Å². The van der Waals surface area contributed by atoms with E-state index >= 15 is 0 Å². The molecule has 0 aliphatic heterocycles. The van der Waals surface area contributed by atoms with Gasteiger partial charge in [0.25, 0.3) is 0 Å². The SMILES string of the molecule is CN(C(=O)CNCc1cccs1)c1cscn1. The summed E-state index contributed by atoms with van der Waals surface area (Å²) in [4.78, 5) is 18.7. The van der Waals surface area contributed by atoms with Crippen LogP contribution in [0.3, 0.4) is 0 Å². The zero-order valence-corrected chi connectivity index (χ0v) is 11.1. The number of thiazole rings is 1. The highest BCUT2D eigenvalue weighted by atomic mass is 32.1. The Morgan fingerprint density at radius 3 is 3.12 bits per heavy atom. The van der Waals surface area contributed by atoms with Crippen molar-refractivity contribution in [2.75, 3.05) is 18.5 Å². The first kappa shape index (κ1) is 12.2. The standard InChI is InChI=1S/C11H13N3OS2/c1-14(10-7-16-8-13-10)11(15)6-12-5-9-3-2-4-17-9/h2-4,7-8,12H,5-6H2,1H3. The number of hydrogen-bond acceptors (Lipinski definition) is 5. The van der Waals surface area contributed by atoms with Gasteiger partial charge in [0.15, 0.2) is 0 Å². The smallest absolute Gasteiger partial charge is 0.241 e. The van der Waals surface area contributed by atoms with Crippen molar-refractivity contribution in [1.29, 1.82) is 0 Å². The van der Waals surface area contributed by atoms with Crippen molar-refractivity contribution in [1.82, 2.24) is 10.3 Å². The molecule has 0 unspecified atom stereocenters. The fourth-order valence-electron chi connectivity index (χ4n) is 1.32. The van der Waals surface area contributed by atoms with E-state index in [9.17, 15) is 4.79 Å². The molecule has 0 saturated carbocycles. The van der Waals surface area contributed by atoms with Gasteiger partial charge < -0.3 is 5.32 Å². The molecule has 4 nitrogen and oxygen atoms in total. The van der Waals surface area contributed by atoms with Crippen LogP contribution in [0.1, 0.15) is 4.88 Å². The van der Waals surface area contributed by atoms with Gasteiger partial charge in [-0.1, -0.05) is 6.07 Å². The number of carbonyl (C=O) groups is 1. The first-order chi connectivity index (χ1) is 8.27. The highest BCUT2D eigenvalue weighted by Crippen LogP contribution is 2.11. The largest absolute Gasteiger partial charge is 0.303 e. The average molecular weight is 267 g/mol. The Morgan fingerprint density at radius 2 is 2.47 bits per heavy atom. The maximum absolute atomic E-state index is 11.8. The van der Waals surface area contributed by atoms with E-state index in [1.165, 1.54) is 16.2 Å². The van der Waals surface area contributed by atoms with Crippen molar-refractivity contribution in [2.45, 2.75) is 6.54 Å². The van der Waals surface area contributed by atoms with E-state index in [-0.39, 0.29) is 5.91 Å². The second-order valence-corrected chi connectivity index (χ2v) is 5.23. The van der Waals surface area contributed by atoms with E-state index < -0.39 is 0 Å². The molecule has 0 aliphatic carbocycles. The maximum atomic E-state index is 11.8. The number of hydrogen-bond donors (Lipinski definition) is 1. The third-order valence-corrected chi connectivity index (χ3v) is 3.74. The summed E-state index contributed by atoms with van der Waals surface area (Å²) in [6, 6.07) is 4.05. The number of thiophene rings is 1. The van der Waals surface area contributed by atoms with E-state index in [0.29, 0.717) is 12.4 Å². The van der Waals surface area contributed by atoms with Crippen LogP contribution in [0.2, 0.25) is 0 Å². The van der Waals surface area contributed by atoms with Crippen molar-refractivity contribution >= 4 is 34.4 Å². The van der Waals surface area contributed by atoms with Gasteiger partial charge >= 0.3 is 0 Å². The molecule has 1 N–H and O–H groups in total. The lowest BCUT2D eigenvalue weighted by molar-refractivity contribution is -0.117. The summed E-state index contributed by atoms with van der Waals surface area (Å²) in [5, 5.41) is 7.01. The minimum absolute atomic E-state index is 0.0208. The molecule has 17 heavy (non-hydrogen) atoms. The number of rotatable bonds is 5. The second kappa shape index (κ2) is 5.90. The van der Waals surface area contributed by atoms with Crippen LogP contribution in [-0.4, -0.2) is 24.5 Å². The number of amides is 1. The van der Waals surface area contributed by atoms with Crippen molar-refractivity contribution in [3.63, 3.8) is 0 Å². The molecule has 2 rings (SSSR count). The number of likely N-dealkylation sites (N-methyl/N-ethyl adjacent to an activating group) is 1. The van der Waals surface area contributed by atoms with Gasteiger partial charge in [-0.15, -0.1) is 22.7 Å². The first-order valence-corrected chi connectivity index (χ1v) is 6.97. The highest BCUT2D eigenvalue weighted by Gasteiger charge is 2.11. The molecule has 0 radical (unpaired) electrons. The normalized spacial score (nSPS) is 10.4. The lowest BCUT2D eigenvalue weighted by atomic mass is 10.4. The Kier molecular flexibility index (Phi) is 4.24. The minimum Gasteiger partial charge on any atom is -0.303 e. The molecule has 2 aromatic rings. The maximum Gasteiger partial charge on any atom is 0.241 e. The molecule has 0 aromatic carbocycles. The molecule has 0 saturated heterocycles. The van der Waals surface area contributed by atoms with Crippen molar-refractivity contribution < 1.29 is 4.79 Å². The fourth-order valence-corrected chi connectivity index (χ4v) is 2.57. The molecule has 90 valence electrons. The molecular formula is C11H13N3OS2. The van der Waals surface area contributed by atoms with Gasteiger partial charge in [0, 0.05) is 23.8 Å². The molecule has 0 aliphatic rings. The van der Waals surface area contributed by atoms with Gasteiger partial charge in [-0.05, 0) is 11.4 Å². The third kappa shape index (κ3) is 3.36. The number of aromatic nitrogens is 1. The van der Waals surface area contributed by atoms with Crippen LogP contribution < -0.4 is 10.2 Å². The summed E-state index contributed by atoms with van der Waals surface area (Å²) >= 11 is 3.17. The number of nitrogens with zero attached hydrogens (tertiary/aromatic N) is 2. The first-order valence-electron chi connectivity index (χ1n) is 5.15. The van der Waals surface area contributed by atoms with Crippen LogP contribution in [-0.2, 0) is 11.3 Å². The summed E-state index contributed by atoms with van der Waals surface area (Å²) in [7, 11) is 1.74. The average Bonchev–Trinajstić information content (AvgIpc) is 3.00. The topological polar surface area (TPSA) is 45.2 Å². The molecule has 0 atom stereocenters. The zero-order valence-electron chi connectivity index (χ0n) is 9.42. The Bertz CT molecular complexity index is 453. The number of carbonyl (C=O) groups excluding carboxylic acids is 1. The summed E-state index contributed by atoms with van der Waals surface area (Å²) < 4.78 is 0. The van der Waals surface area contributed by atoms with Crippen molar-refractivity contribution in [3.05, 3.63) is 33.3 Å². The monoisotopic (exact) mass is 267 g/mol. The van der Waals surface area contributed by atoms with Crippen LogP contribution >= 0.6 is 22.7 Å². The van der Waals surface area contributed by atoms with Crippen LogP contribution in [0.25, 0.3) is 0 Å². The van der Waals surface area contributed by atoms with Crippen LogP contribution in [0, 0.1) is 0 Å². The lowest BCUT2D eigenvalue weighted by Gasteiger charge is -2.14. The van der Waals surface area contributed by atoms with E-state index in [4.69, 9.17) is 0 Å². The zero-order chi connectivity index (χ0) is 12.1. The molecule has 0 spiro atoms. The molecular weight excluding hydrogens is 254 g/mol. The van der Waals surface area contributed by atoms with Gasteiger partial charge in [-0.2, -0.15) is 0 Å². The van der Waals surface area contributed by atoms with Gasteiger partial charge in [0.05, 0.1) is 12.1 Å². The summed E-state index contributed by atoms with van der Waals surface area (Å²) in [5.41, 5.74) is 1.72. The van der Waals surface area contributed by atoms with Crippen LogP contribution in [0.15, 0.2) is 28.4 Å². The van der Waals surface area contributed by atoms with E-state index in [2.05, 4.69) is 10.3 Å². The van der Waals surface area contributed by atoms with Gasteiger partial charge in [0.1, 0.15) is 5.82 Å². The Hall–Kier alpha value is -1.24. The molecule has 2 aromatic heterocycles. The Morgan fingerprint density at radius 1 is 1.59 bits per heavy atom. The Labute approximate surface area is 108 Å². The minimum atomic E-state index is 0.0208. The summed E-state index contributed by atoms with van der Waals surface area (Å²) in [6.45, 7) is 1.06. The number of nitrogens with one attached hydrogen (secondary N) is 1. The Balaban J connectivity index is 1.77. The molecule has 1 amide bonds. The predicted molar refractivity (Wildman–Crippen MR) is 71.5 cm³/mol. The molecule has 2 heterocycles. The van der Waals surface area contributed by atoms with Gasteiger partial charge in [-0.3, -0.25) is 9.69 Å². The lowest BCUT2D eigenvalue weighted by Crippen LogP contribution is -2.35. The molecule has 6 heteroatoms. The van der Waals surface area contributed by atoms with E-state index in [0.717, 1.165) is 6.54 Å². The van der Waals surface area contributed by atoms with Crippen LogP contribution in [0.5, 0.6) is 0 Å². The van der Waals surface area contributed by atoms with Gasteiger partial charge in [0.2, 0.25) is 5.91 Å². The fraction of sp³-hybridized carbons (Fsp3) is 0.273. The van der Waals surface area contributed by atoms with Crippen LogP contribution in [0.4, 0.5) is 5.82 Å². The van der Waals surface area contributed by atoms with Crippen molar-refractivity contribution in [3.8, 4) is 0 Å². The van der Waals surface area contributed by atoms with E-state index in [1.54, 1.807) is 28.8 Å². The predicted octanol–water partition coefficient (Wildman–Crippen LogP) is 1.96.